The third-order valence-corrected chi connectivity index (χ3v) is 2.86. The van der Waals surface area contributed by atoms with Crippen molar-refractivity contribution in [1.29, 1.82) is 0 Å². The summed E-state index contributed by atoms with van der Waals surface area (Å²) in [5, 5.41) is 4.22. The Kier molecular flexibility index (Phi) is 6.31. The molecule has 0 heterocycles. The van der Waals surface area contributed by atoms with E-state index in [0.29, 0.717) is 22.1 Å². The third kappa shape index (κ3) is 4.74. The van der Waals surface area contributed by atoms with Gasteiger partial charge in [-0.2, -0.15) is 5.10 Å². The molecule has 0 radical (unpaired) electrons. The monoisotopic (exact) mass is 298 g/mol. The molecule has 0 spiro atoms. The Morgan fingerprint density at radius 1 is 1.55 bits per heavy atom. The molecule has 1 amide bonds. The fourth-order valence-electron chi connectivity index (χ4n) is 1.41. The first-order chi connectivity index (χ1) is 9.47. The van der Waals surface area contributed by atoms with Gasteiger partial charge >= 0.3 is 0 Å². The van der Waals surface area contributed by atoms with Crippen molar-refractivity contribution in [3.05, 3.63) is 22.7 Å². The van der Waals surface area contributed by atoms with Gasteiger partial charge in [-0.05, 0) is 31.0 Å². The zero-order valence-electron chi connectivity index (χ0n) is 12.1. The number of hydrazone groups is 1. The number of amides is 1. The highest BCUT2D eigenvalue weighted by Crippen LogP contribution is 2.36. The van der Waals surface area contributed by atoms with Crippen molar-refractivity contribution in [3.63, 3.8) is 0 Å². The first kappa shape index (κ1) is 16.3. The molecule has 1 atom stereocenters. The number of hydrogen-bond donors (Lipinski definition) is 1. The van der Waals surface area contributed by atoms with Crippen LogP contribution < -0.4 is 14.9 Å². The molecule has 0 aromatic heterocycles. The van der Waals surface area contributed by atoms with Crippen molar-refractivity contribution in [2.24, 2.45) is 5.10 Å². The normalized spacial score (nSPS) is 12.2. The molecule has 0 fully saturated rings. The van der Waals surface area contributed by atoms with Gasteiger partial charge in [-0.15, -0.1) is 0 Å². The number of methoxy groups -OCH3 is 1. The Balaban J connectivity index is 3.00. The molecule has 0 aliphatic heterocycles. The van der Waals surface area contributed by atoms with E-state index in [9.17, 15) is 4.79 Å². The zero-order valence-corrected chi connectivity index (χ0v) is 12.8. The highest BCUT2D eigenvalue weighted by molar-refractivity contribution is 6.32. The summed E-state index contributed by atoms with van der Waals surface area (Å²) < 4.78 is 11.0. The van der Waals surface area contributed by atoms with Gasteiger partial charge in [-0.25, -0.2) is 5.43 Å². The largest absolute Gasteiger partial charge is 0.493 e. The summed E-state index contributed by atoms with van der Waals surface area (Å²) in [5.74, 6) is 0.804. The first-order valence-electron chi connectivity index (χ1n) is 6.31. The lowest BCUT2D eigenvalue weighted by molar-refractivity contribution is -0.118. The second-order valence-corrected chi connectivity index (χ2v) is 4.70. The van der Waals surface area contributed by atoms with Crippen molar-refractivity contribution >= 4 is 23.7 Å². The van der Waals surface area contributed by atoms with Crippen LogP contribution in [0.1, 0.15) is 32.8 Å². The summed E-state index contributed by atoms with van der Waals surface area (Å²) in [6.07, 6.45) is 2.40. The number of carbonyl (C=O) groups is 1. The molecule has 5 nitrogen and oxygen atoms in total. The maximum absolute atomic E-state index is 10.7. The van der Waals surface area contributed by atoms with Crippen molar-refractivity contribution in [2.45, 2.75) is 33.3 Å². The molecule has 0 unspecified atom stereocenters. The van der Waals surface area contributed by atoms with Crippen LogP contribution >= 0.6 is 11.6 Å². The molecule has 1 rings (SSSR count). The van der Waals surface area contributed by atoms with Crippen LogP contribution in [0, 0.1) is 0 Å². The van der Waals surface area contributed by atoms with Crippen LogP contribution in [0.5, 0.6) is 11.5 Å². The molecule has 0 saturated carbocycles. The van der Waals surface area contributed by atoms with E-state index in [1.807, 2.05) is 13.8 Å². The van der Waals surface area contributed by atoms with Crippen LogP contribution in [-0.4, -0.2) is 25.3 Å². The van der Waals surface area contributed by atoms with Crippen LogP contribution in [0.4, 0.5) is 0 Å². The van der Waals surface area contributed by atoms with Gasteiger partial charge in [-0.1, -0.05) is 18.5 Å². The second kappa shape index (κ2) is 7.75. The van der Waals surface area contributed by atoms with Crippen LogP contribution in [0.25, 0.3) is 0 Å². The number of nitrogens with one attached hydrogen (secondary N) is 1. The number of nitrogens with zero attached hydrogens (tertiary/aromatic N) is 1. The Morgan fingerprint density at radius 2 is 2.25 bits per heavy atom. The molecule has 0 bridgehead atoms. The quantitative estimate of drug-likeness (QED) is 0.649. The predicted octanol–water partition coefficient (Wildman–Crippen LogP) is 3.00. The summed E-state index contributed by atoms with van der Waals surface area (Å²) in [4.78, 5) is 10.7. The van der Waals surface area contributed by atoms with Gasteiger partial charge in [0.15, 0.2) is 11.5 Å². The van der Waals surface area contributed by atoms with E-state index >= 15 is 0 Å². The van der Waals surface area contributed by atoms with E-state index in [1.165, 1.54) is 13.1 Å². The predicted molar refractivity (Wildman–Crippen MR) is 79.8 cm³/mol. The highest BCUT2D eigenvalue weighted by Gasteiger charge is 2.13. The van der Waals surface area contributed by atoms with Gasteiger partial charge < -0.3 is 9.47 Å². The fraction of sp³-hybridized carbons (Fsp3) is 0.429. The molecule has 0 aliphatic carbocycles. The summed E-state index contributed by atoms with van der Waals surface area (Å²) in [6, 6.07) is 3.45. The Bertz CT molecular complexity index is 503. The lowest BCUT2D eigenvalue weighted by Crippen LogP contribution is -2.12. The van der Waals surface area contributed by atoms with E-state index in [-0.39, 0.29) is 12.0 Å². The van der Waals surface area contributed by atoms with Crippen molar-refractivity contribution < 1.29 is 14.3 Å². The molecule has 1 aromatic carbocycles. The van der Waals surface area contributed by atoms with Gasteiger partial charge in [-0.3, -0.25) is 4.79 Å². The minimum atomic E-state index is -0.240. The highest BCUT2D eigenvalue weighted by atomic mass is 35.5. The maximum atomic E-state index is 10.7. The fourth-order valence-corrected chi connectivity index (χ4v) is 1.67. The lowest BCUT2D eigenvalue weighted by Gasteiger charge is -2.17. The zero-order chi connectivity index (χ0) is 15.1. The maximum Gasteiger partial charge on any atom is 0.236 e. The molecular formula is C14H19ClN2O3. The molecule has 110 valence electrons. The van der Waals surface area contributed by atoms with Gasteiger partial charge in [0.1, 0.15) is 0 Å². The van der Waals surface area contributed by atoms with Gasteiger partial charge in [0.2, 0.25) is 5.91 Å². The van der Waals surface area contributed by atoms with Gasteiger partial charge in [0.05, 0.1) is 24.5 Å². The number of benzene rings is 1. The Morgan fingerprint density at radius 3 is 2.80 bits per heavy atom. The smallest absolute Gasteiger partial charge is 0.236 e. The topological polar surface area (TPSA) is 59.9 Å². The van der Waals surface area contributed by atoms with Crippen molar-refractivity contribution in [3.8, 4) is 11.5 Å². The minimum absolute atomic E-state index is 0.0419. The number of halogens is 1. The van der Waals surface area contributed by atoms with Crippen LogP contribution in [0.15, 0.2) is 17.2 Å². The number of ether oxygens (including phenoxy) is 2. The van der Waals surface area contributed by atoms with Crippen LogP contribution in [0.3, 0.4) is 0 Å². The SMILES string of the molecule is CC[C@@H](C)Oc1c(Cl)cc(/C=N\NC(C)=O)cc1OC. The first-order valence-corrected chi connectivity index (χ1v) is 6.69. The molecule has 1 aromatic rings. The standard InChI is InChI=1S/C14H19ClN2O3/c1-5-9(2)20-14-12(15)6-11(7-13(14)19-4)8-16-17-10(3)18/h6-9H,5H2,1-4H3,(H,17,18)/b16-8-/t9-/m1/s1. The average Bonchev–Trinajstić information content (AvgIpc) is 2.40. The van der Waals surface area contributed by atoms with E-state index < -0.39 is 0 Å². The Hall–Kier alpha value is -1.75. The molecular weight excluding hydrogens is 280 g/mol. The molecule has 0 saturated heterocycles. The Labute approximate surface area is 123 Å². The molecule has 20 heavy (non-hydrogen) atoms. The summed E-state index contributed by atoms with van der Waals surface area (Å²) in [5.41, 5.74) is 3.03. The minimum Gasteiger partial charge on any atom is -0.493 e. The van der Waals surface area contributed by atoms with Crippen molar-refractivity contribution in [2.75, 3.05) is 7.11 Å². The molecule has 0 aliphatic rings. The van der Waals surface area contributed by atoms with Gasteiger partial charge in [0.25, 0.3) is 0 Å². The van der Waals surface area contributed by atoms with Crippen LogP contribution in [-0.2, 0) is 4.79 Å². The van der Waals surface area contributed by atoms with E-state index in [2.05, 4.69) is 10.5 Å². The summed E-state index contributed by atoms with van der Waals surface area (Å²) >= 11 is 6.20. The molecule has 1 N–H and O–H groups in total. The average molecular weight is 299 g/mol. The lowest BCUT2D eigenvalue weighted by atomic mass is 10.2. The second-order valence-electron chi connectivity index (χ2n) is 4.30. The van der Waals surface area contributed by atoms with E-state index in [0.717, 1.165) is 6.42 Å². The van der Waals surface area contributed by atoms with Crippen molar-refractivity contribution in [1.82, 2.24) is 5.43 Å². The van der Waals surface area contributed by atoms with E-state index in [4.69, 9.17) is 21.1 Å². The number of carbonyl (C=O) groups excluding carboxylic acids is 1. The third-order valence-electron chi connectivity index (χ3n) is 2.58. The molecule has 6 heteroatoms. The summed E-state index contributed by atoms with van der Waals surface area (Å²) in [7, 11) is 1.55. The van der Waals surface area contributed by atoms with E-state index in [1.54, 1.807) is 19.2 Å². The number of rotatable bonds is 6. The van der Waals surface area contributed by atoms with Gasteiger partial charge in [0, 0.05) is 6.92 Å². The van der Waals surface area contributed by atoms with Crippen LogP contribution in [0.2, 0.25) is 5.02 Å². The number of hydrogen-bond acceptors (Lipinski definition) is 4. The summed E-state index contributed by atoms with van der Waals surface area (Å²) in [6.45, 7) is 5.37.